The minimum atomic E-state index is 0.0816. The lowest BCUT2D eigenvalue weighted by Gasteiger charge is -2.22. The third-order valence-corrected chi connectivity index (χ3v) is 4.74. The molecule has 1 aromatic rings. The molecule has 0 aliphatic carbocycles. The van der Waals surface area contributed by atoms with Gasteiger partial charge in [-0.1, -0.05) is 49.9 Å². The molecule has 3 nitrogen and oxygen atoms in total. The van der Waals surface area contributed by atoms with Gasteiger partial charge in [-0.05, 0) is 71.4 Å². The average Bonchev–Trinajstić information content (AvgIpc) is 2.58. The fraction of sp³-hybridized carbons (Fsp3) is 0.714. The van der Waals surface area contributed by atoms with Gasteiger partial charge in [0.15, 0.2) is 0 Å². The number of benzene rings is 1. The van der Waals surface area contributed by atoms with Gasteiger partial charge in [-0.2, -0.15) is 0 Å². The summed E-state index contributed by atoms with van der Waals surface area (Å²) in [5.74, 6) is 0.742. The molecule has 1 aromatic carbocycles. The predicted octanol–water partition coefficient (Wildman–Crippen LogP) is 6.16. The van der Waals surface area contributed by atoms with Crippen LogP contribution in [0.25, 0.3) is 0 Å². The maximum Gasteiger partial charge on any atom is 0.142 e. The van der Waals surface area contributed by atoms with Crippen LogP contribution in [0.15, 0.2) is 12.1 Å². The number of unbranched alkanes of at least 4 members (excludes halogenated alkanes) is 2. The second-order valence-electron chi connectivity index (χ2n) is 7.12. The summed E-state index contributed by atoms with van der Waals surface area (Å²) in [6.07, 6.45) is 6.31. The summed E-state index contributed by atoms with van der Waals surface area (Å²) in [5, 5.41) is 4.74. The van der Waals surface area contributed by atoms with E-state index in [0.717, 1.165) is 30.8 Å². The molecule has 1 N–H and O–H groups in total. The molecule has 0 fully saturated rings. The van der Waals surface area contributed by atoms with Gasteiger partial charge in [0.2, 0.25) is 0 Å². The van der Waals surface area contributed by atoms with Crippen LogP contribution in [0.5, 0.6) is 5.75 Å². The number of rotatable bonds is 14. The normalized spacial score (nSPS) is 11.5. The Kier molecular flexibility index (Phi) is 12.4. The molecule has 0 saturated heterocycles. The molecule has 0 radical (unpaired) electrons. The number of ether oxygens (including phenoxy) is 1. The highest BCUT2D eigenvalue weighted by atomic mass is 35.5. The Bertz CT molecular complexity index is 501. The standard InChI is InChI=1S/C21H36Cl2N2O/c1-5-7-11-25(12-8-6-2)13-9-10-24-16-18-14-19(22)15-20(23)21(18)26-17(3)4/h14-15,17,24H,5-13,16H2,1-4H3. The van der Waals surface area contributed by atoms with E-state index in [2.05, 4.69) is 24.1 Å². The topological polar surface area (TPSA) is 24.5 Å². The van der Waals surface area contributed by atoms with Crippen molar-refractivity contribution < 1.29 is 4.74 Å². The van der Waals surface area contributed by atoms with Gasteiger partial charge in [0.25, 0.3) is 0 Å². The molecule has 5 heteroatoms. The molecule has 0 heterocycles. The van der Waals surface area contributed by atoms with Crippen molar-refractivity contribution in [3.63, 3.8) is 0 Å². The van der Waals surface area contributed by atoms with E-state index in [1.165, 1.54) is 38.8 Å². The number of hydrogen-bond donors (Lipinski definition) is 1. The molecule has 0 bridgehead atoms. The largest absolute Gasteiger partial charge is 0.489 e. The second-order valence-corrected chi connectivity index (χ2v) is 7.97. The van der Waals surface area contributed by atoms with E-state index in [4.69, 9.17) is 27.9 Å². The first-order chi connectivity index (χ1) is 12.5. The first kappa shape index (κ1) is 23.6. The van der Waals surface area contributed by atoms with Crippen LogP contribution >= 0.6 is 23.2 Å². The maximum absolute atomic E-state index is 6.31. The van der Waals surface area contributed by atoms with Crippen molar-refractivity contribution in [2.75, 3.05) is 26.2 Å². The number of nitrogens with one attached hydrogen (secondary N) is 1. The van der Waals surface area contributed by atoms with Gasteiger partial charge < -0.3 is 15.0 Å². The highest BCUT2D eigenvalue weighted by Crippen LogP contribution is 2.33. The summed E-state index contributed by atoms with van der Waals surface area (Å²) in [6.45, 7) is 13.8. The van der Waals surface area contributed by atoms with E-state index in [1.807, 2.05) is 19.9 Å². The fourth-order valence-corrected chi connectivity index (χ4v) is 3.44. The summed E-state index contributed by atoms with van der Waals surface area (Å²) in [4.78, 5) is 2.60. The van der Waals surface area contributed by atoms with Crippen molar-refractivity contribution >= 4 is 23.2 Å². The van der Waals surface area contributed by atoms with Crippen LogP contribution in [-0.4, -0.2) is 37.2 Å². The molecule has 0 aromatic heterocycles. The summed E-state index contributed by atoms with van der Waals surface area (Å²) in [6, 6.07) is 3.68. The monoisotopic (exact) mass is 402 g/mol. The predicted molar refractivity (Wildman–Crippen MR) is 115 cm³/mol. The van der Waals surface area contributed by atoms with Crippen LogP contribution in [-0.2, 0) is 6.54 Å². The van der Waals surface area contributed by atoms with Crippen molar-refractivity contribution in [3.05, 3.63) is 27.7 Å². The molecule has 0 aliphatic heterocycles. The molecule has 150 valence electrons. The lowest BCUT2D eigenvalue weighted by molar-refractivity contribution is 0.239. The highest BCUT2D eigenvalue weighted by Gasteiger charge is 2.12. The van der Waals surface area contributed by atoms with Crippen LogP contribution in [0.1, 0.15) is 65.4 Å². The Morgan fingerprint density at radius 2 is 1.62 bits per heavy atom. The third-order valence-electron chi connectivity index (χ3n) is 4.24. The minimum Gasteiger partial charge on any atom is -0.489 e. The zero-order valence-corrected chi connectivity index (χ0v) is 18.4. The van der Waals surface area contributed by atoms with Crippen LogP contribution in [0.4, 0.5) is 0 Å². The molecule has 0 amide bonds. The van der Waals surface area contributed by atoms with Crippen LogP contribution < -0.4 is 10.1 Å². The van der Waals surface area contributed by atoms with Crippen LogP contribution in [0.3, 0.4) is 0 Å². The van der Waals surface area contributed by atoms with Gasteiger partial charge in [-0.3, -0.25) is 0 Å². The van der Waals surface area contributed by atoms with Crippen molar-refractivity contribution in [3.8, 4) is 5.75 Å². The summed E-state index contributed by atoms with van der Waals surface area (Å²) in [5.41, 5.74) is 1.02. The van der Waals surface area contributed by atoms with Crippen molar-refractivity contribution in [1.82, 2.24) is 10.2 Å². The van der Waals surface area contributed by atoms with Gasteiger partial charge in [0.05, 0.1) is 11.1 Å². The molecule has 0 aliphatic rings. The third kappa shape index (κ3) is 9.45. The molecule has 0 atom stereocenters. The van der Waals surface area contributed by atoms with E-state index in [9.17, 15) is 0 Å². The maximum atomic E-state index is 6.31. The molecule has 0 spiro atoms. The minimum absolute atomic E-state index is 0.0816. The molecule has 0 unspecified atom stereocenters. The summed E-state index contributed by atoms with van der Waals surface area (Å²) >= 11 is 12.5. The Labute approximate surface area is 170 Å². The van der Waals surface area contributed by atoms with Gasteiger partial charge in [-0.25, -0.2) is 0 Å². The molecule has 0 saturated carbocycles. The number of hydrogen-bond acceptors (Lipinski definition) is 3. The second kappa shape index (κ2) is 13.7. The number of nitrogens with zero attached hydrogens (tertiary/aromatic N) is 1. The summed E-state index contributed by atoms with van der Waals surface area (Å²) < 4.78 is 5.88. The van der Waals surface area contributed by atoms with Crippen LogP contribution in [0, 0.1) is 0 Å². The molecule has 1 rings (SSSR count). The van der Waals surface area contributed by atoms with Gasteiger partial charge in [0.1, 0.15) is 5.75 Å². The van der Waals surface area contributed by atoms with E-state index < -0.39 is 0 Å². The smallest absolute Gasteiger partial charge is 0.142 e. The Morgan fingerprint density at radius 1 is 1.00 bits per heavy atom. The zero-order chi connectivity index (χ0) is 19.4. The Balaban J connectivity index is 2.46. The Morgan fingerprint density at radius 3 is 2.19 bits per heavy atom. The first-order valence-electron chi connectivity index (χ1n) is 10.1. The quantitative estimate of drug-likeness (QED) is 0.376. The zero-order valence-electron chi connectivity index (χ0n) is 16.9. The molecular formula is C21H36Cl2N2O. The van der Waals surface area contributed by atoms with E-state index >= 15 is 0 Å². The lowest BCUT2D eigenvalue weighted by atomic mass is 10.2. The highest BCUT2D eigenvalue weighted by molar-refractivity contribution is 6.35. The van der Waals surface area contributed by atoms with Crippen molar-refractivity contribution in [2.24, 2.45) is 0 Å². The van der Waals surface area contributed by atoms with E-state index in [1.54, 1.807) is 6.07 Å². The van der Waals surface area contributed by atoms with Crippen molar-refractivity contribution in [1.29, 1.82) is 0 Å². The first-order valence-corrected chi connectivity index (χ1v) is 10.8. The molecular weight excluding hydrogens is 367 g/mol. The van der Waals surface area contributed by atoms with E-state index in [-0.39, 0.29) is 6.10 Å². The number of halogens is 2. The average molecular weight is 403 g/mol. The lowest BCUT2D eigenvalue weighted by Crippen LogP contribution is -2.29. The SMILES string of the molecule is CCCCN(CCCC)CCCNCc1cc(Cl)cc(Cl)c1OC(C)C. The Hall–Kier alpha value is -0.480. The van der Waals surface area contributed by atoms with E-state index in [0.29, 0.717) is 16.6 Å². The summed E-state index contributed by atoms with van der Waals surface area (Å²) in [7, 11) is 0. The van der Waals surface area contributed by atoms with Gasteiger partial charge in [0, 0.05) is 17.1 Å². The van der Waals surface area contributed by atoms with Gasteiger partial charge in [-0.15, -0.1) is 0 Å². The molecule has 26 heavy (non-hydrogen) atoms. The van der Waals surface area contributed by atoms with Crippen LogP contribution in [0.2, 0.25) is 10.0 Å². The van der Waals surface area contributed by atoms with Crippen molar-refractivity contribution in [2.45, 2.75) is 72.4 Å². The fourth-order valence-electron chi connectivity index (χ4n) is 2.86. The van der Waals surface area contributed by atoms with Gasteiger partial charge >= 0.3 is 0 Å².